The van der Waals surface area contributed by atoms with Crippen LogP contribution in [0.25, 0.3) is 10.8 Å². The third kappa shape index (κ3) is 4.56. The van der Waals surface area contributed by atoms with Gasteiger partial charge in [0.1, 0.15) is 0 Å². The number of rotatable bonds is 6. The van der Waals surface area contributed by atoms with Crippen LogP contribution < -0.4 is 10.0 Å². The van der Waals surface area contributed by atoms with Gasteiger partial charge in [0.05, 0.1) is 4.90 Å². The SMILES string of the molecule is O=C(Nc1ccc2ccccc2c1)c1cccc(S(=O)(=O)NCc2ccccc2)c1. The molecule has 0 aromatic heterocycles. The molecule has 0 aliphatic heterocycles. The van der Waals surface area contributed by atoms with E-state index in [-0.39, 0.29) is 22.9 Å². The summed E-state index contributed by atoms with van der Waals surface area (Å²) in [5.74, 6) is -0.370. The average molecular weight is 417 g/mol. The lowest BCUT2D eigenvalue weighted by atomic mass is 10.1. The molecule has 0 atom stereocenters. The zero-order valence-corrected chi connectivity index (χ0v) is 16.9. The number of nitrogens with one attached hydrogen (secondary N) is 2. The number of fused-ring (bicyclic) bond motifs is 1. The Morgan fingerprint density at radius 2 is 1.47 bits per heavy atom. The minimum atomic E-state index is -3.75. The predicted octanol–water partition coefficient (Wildman–Crippen LogP) is 4.57. The van der Waals surface area contributed by atoms with E-state index in [1.165, 1.54) is 12.1 Å². The van der Waals surface area contributed by atoms with Crippen LogP contribution in [0, 0.1) is 0 Å². The summed E-state index contributed by atoms with van der Waals surface area (Å²) in [6.07, 6.45) is 0. The number of sulfonamides is 1. The van der Waals surface area contributed by atoms with Gasteiger partial charge in [-0.25, -0.2) is 13.1 Å². The molecular weight excluding hydrogens is 396 g/mol. The molecule has 0 radical (unpaired) electrons. The summed E-state index contributed by atoms with van der Waals surface area (Å²) >= 11 is 0. The van der Waals surface area contributed by atoms with E-state index in [1.54, 1.807) is 12.1 Å². The Bertz CT molecular complexity index is 1300. The molecule has 5 nitrogen and oxygen atoms in total. The monoisotopic (exact) mass is 416 g/mol. The number of benzene rings is 4. The van der Waals surface area contributed by atoms with E-state index in [0.717, 1.165) is 16.3 Å². The Hall–Kier alpha value is -3.48. The smallest absolute Gasteiger partial charge is 0.255 e. The van der Waals surface area contributed by atoms with Crippen molar-refractivity contribution in [2.24, 2.45) is 0 Å². The van der Waals surface area contributed by atoms with Crippen molar-refractivity contribution in [3.8, 4) is 0 Å². The Labute approximate surface area is 175 Å². The van der Waals surface area contributed by atoms with Crippen LogP contribution in [0.2, 0.25) is 0 Å². The van der Waals surface area contributed by atoms with Gasteiger partial charge in [0, 0.05) is 17.8 Å². The Morgan fingerprint density at radius 1 is 0.733 bits per heavy atom. The highest BCUT2D eigenvalue weighted by molar-refractivity contribution is 7.89. The van der Waals surface area contributed by atoms with Gasteiger partial charge in [0.25, 0.3) is 5.91 Å². The molecule has 4 aromatic rings. The van der Waals surface area contributed by atoms with Gasteiger partial charge in [0.15, 0.2) is 0 Å². The standard InChI is InChI=1S/C24H20N2O3S/c27-24(26-22-14-13-19-9-4-5-10-20(19)15-22)21-11-6-12-23(16-21)30(28,29)25-17-18-7-2-1-3-8-18/h1-16,25H,17H2,(H,26,27). The highest BCUT2D eigenvalue weighted by atomic mass is 32.2. The summed E-state index contributed by atoms with van der Waals surface area (Å²) in [6, 6.07) is 28.8. The maximum atomic E-state index is 12.7. The zero-order chi connectivity index (χ0) is 21.0. The summed E-state index contributed by atoms with van der Waals surface area (Å²) in [7, 11) is -3.75. The topological polar surface area (TPSA) is 75.3 Å². The van der Waals surface area contributed by atoms with Crippen molar-refractivity contribution in [3.05, 3.63) is 108 Å². The van der Waals surface area contributed by atoms with Crippen LogP contribution in [-0.4, -0.2) is 14.3 Å². The quantitative estimate of drug-likeness (QED) is 0.483. The molecule has 0 aliphatic rings. The first-order valence-electron chi connectivity index (χ1n) is 9.45. The van der Waals surface area contributed by atoms with Crippen molar-refractivity contribution in [2.75, 3.05) is 5.32 Å². The number of hydrogen-bond acceptors (Lipinski definition) is 3. The molecule has 0 unspecified atom stereocenters. The molecule has 0 spiro atoms. The molecular formula is C24H20N2O3S. The van der Waals surface area contributed by atoms with Gasteiger partial charge in [-0.1, -0.05) is 66.7 Å². The Balaban J connectivity index is 1.50. The fourth-order valence-electron chi connectivity index (χ4n) is 3.13. The number of amides is 1. The Kier molecular flexibility index (Phi) is 5.61. The van der Waals surface area contributed by atoms with Crippen molar-refractivity contribution in [2.45, 2.75) is 11.4 Å². The van der Waals surface area contributed by atoms with Gasteiger partial charge in [0.2, 0.25) is 10.0 Å². The zero-order valence-electron chi connectivity index (χ0n) is 16.1. The molecule has 0 saturated carbocycles. The number of carbonyl (C=O) groups is 1. The fourth-order valence-corrected chi connectivity index (χ4v) is 4.20. The highest BCUT2D eigenvalue weighted by Crippen LogP contribution is 2.20. The normalized spacial score (nSPS) is 11.3. The molecule has 0 heterocycles. The summed E-state index contributed by atoms with van der Waals surface area (Å²) in [5.41, 5.74) is 1.77. The van der Waals surface area contributed by atoms with Crippen molar-refractivity contribution < 1.29 is 13.2 Å². The lowest BCUT2D eigenvalue weighted by Crippen LogP contribution is -2.23. The molecule has 2 N–H and O–H groups in total. The van der Waals surface area contributed by atoms with E-state index in [4.69, 9.17) is 0 Å². The van der Waals surface area contributed by atoms with E-state index in [2.05, 4.69) is 10.0 Å². The van der Waals surface area contributed by atoms with Crippen molar-refractivity contribution in [1.82, 2.24) is 4.72 Å². The summed E-state index contributed by atoms with van der Waals surface area (Å²) in [4.78, 5) is 12.7. The molecule has 4 rings (SSSR count). The van der Waals surface area contributed by atoms with Gasteiger partial charge in [-0.3, -0.25) is 4.79 Å². The molecule has 6 heteroatoms. The van der Waals surface area contributed by atoms with Crippen LogP contribution in [0.3, 0.4) is 0 Å². The fraction of sp³-hybridized carbons (Fsp3) is 0.0417. The van der Waals surface area contributed by atoms with E-state index in [0.29, 0.717) is 5.69 Å². The average Bonchev–Trinajstić information content (AvgIpc) is 2.78. The molecule has 0 saturated heterocycles. The van der Waals surface area contributed by atoms with Gasteiger partial charge >= 0.3 is 0 Å². The second-order valence-corrected chi connectivity index (χ2v) is 8.62. The summed E-state index contributed by atoms with van der Waals surface area (Å²) in [5, 5.41) is 4.92. The van der Waals surface area contributed by atoms with Crippen LogP contribution >= 0.6 is 0 Å². The minimum Gasteiger partial charge on any atom is -0.322 e. The van der Waals surface area contributed by atoms with E-state index in [9.17, 15) is 13.2 Å². The third-order valence-electron chi connectivity index (χ3n) is 4.72. The van der Waals surface area contributed by atoms with Crippen LogP contribution in [0.4, 0.5) is 5.69 Å². The second kappa shape index (κ2) is 8.49. The number of hydrogen-bond donors (Lipinski definition) is 2. The van der Waals surface area contributed by atoms with Gasteiger partial charge in [-0.2, -0.15) is 0 Å². The molecule has 0 bridgehead atoms. The minimum absolute atomic E-state index is 0.0459. The molecule has 0 aliphatic carbocycles. The van der Waals surface area contributed by atoms with E-state index < -0.39 is 10.0 Å². The molecule has 0 fully saturated rings. The lowest BCUT2D eigenvalue weighted by molar-refractivity contribution is 0.102. The Morgan fingerprint density at radius 3 is 2.27 bits per heavy atom. The van der Waals surface area contributed by atoms with Crippen LogP contribution in [-0.2, 0) is 16.6 Å². The molecule has 150 valence electrons. The maximum Gasteiger partial charge on any atom is 0.255 e. The van der Waals surface area contributed by atoms with Crippen molar-refractivity contribution >= 4 is 32.4 Å². The van der Waals surface area contributed by atoms with Crippen molar-refractivity contribution in [3.63, 3.8) is 0 Å². The first kappa shape index (κ1) is 19.8. The van der Waals surface area contributed by atoms with Crippen molar-refractivity contribution in [1.29, 1.82) is 0 Å². The van der Waals surface area contributed by atoms with Crippen LogP contribution in [0.5, 0.6) is 0 Å². The van der Waals surface area contributed by atoms with Gasteiger partial charge in [-0.05, 0) is 46.7 Å². The van der Waals surface area contributed by atoms with Gasteiger partial charge < -0.3 is 5.32 Å². The first-order chi connectivity index (χ1) is 14.5. The lowest BCUT2D eigenvalue weighted by Gasteiger charge is -2.10. The third-order valence-corrected chi connectivity index (χ3v) is 6.12. The van der Waals surface area contributed by atoms with E-state index in [1.807, 2.05) is 72.8 Å². The maximum absolute atomic E-state index is 12.7. The van der Waals surface area contributed by atoms with E-state index >= 15 is 0 Å². The van der Waals surface area contributed by atoms with Gasteiger partial charge in [-0.15, -0.1) is 0 Å². The largest absolute Gasteiger partial charge is 0.322 e. The number of carbonyl (C=O) groups excluding carboxylic acids is 1. The van der Waals surface area contributed by atoms with Crippen LogP contribution in [0.1, 0.15) is 15.9 Å². The first-order valence-corrected chi connectivity index (χ1v) is 10.9. The molecule has 1 amide bonds. The predicted molar refractivity (Wildman–Crippen MR) is 119 cm³/mol. The second-order valence-electron chi connectivity index (χ2n) is 6.85. The van der Waals surface area contributed by atoms with Crippen LogP contribution in [0.15, 0.2) is 102 Å². The molecule has 4 aromatic carbocycles. The summed E-state index contributed by atoms with van der Waals surface area (Å²) in [6.45, 7) is 0.177. The molecule has 30 heavy (non-hydrogen) atoms. The highest BCUT2D eigenvalue weighted by Gasteiger charge is 2.16. The summed E-state index contributed by atoms with van der Waals surface area (Å²) < 4.78 is 27.9. The number of anilines is 1.